The average molecular weight is 728 g/mol. The molecule has 0 saturated carbocycles. The van der Waals surface area contributed by atoms with E-state index >= 15 is 0 Å². The molecule has 0 unspecified atom stereocenters. The van der Waals surface area contributed by atoms with E-state index in [1.807, 2.05) is 0 Å². The van der Waals surface area contributed by atoms with Gasteiger partial charge in [-0.1, -0.05) is 23.2 Å². The summed E-state index contributed by atoms with van der Waals surface area (Å²) < 4.78 is 60.0. The monoisotopic (exact) mass is 726 g/mol. The highest BCUT2D eigenvalue weighted by Gasteiger charge is 2.18. The lowest BCUT2D eigenvalue weighted by atomic mass is 10.2. The Morgan fingerprint density at radius 3 is 0.938 bits per heavy atom. The van der Waals surface area contributed by atoms with Gasteiger partial charge in [0.15, 0.2) is 0 Å². The zero-order valence-electron chi connectivity index (χ0n) is 24.4. The van der Waals surface area contributed by atoms with Crippen LogP contribution >= 0.6 is 23.2 Å². The maximum absolute atomic E-state index is 12.5. The molecule has 0 fully saturated rings. The lowest BCUT2D eigenvalue weighted by Crippen LogP contribution is -2.20. The molecular formula is C32H24Cl2N4O8S2. The van der Waals surface area contributed by atoms with Gasteiger partial charge < -0.3 is 29.6 Å². The topological polar surface area (TPSA) is 169 Å². The molecule has 5 rings (SSSR count). The molecule has 0 aliphatic rings. The molecule has 4 N–H and O–H groups in total. The average Bonchev–Trinajstić information content (AvgIpc) is 3.04. The molecule has 0 spiro atoms. The first kappa shape index (κ1) is 34.1. The Kier molecular flexibility index (Phi) is 10.4. The largest absolute Gasteiger partial charge is 0.379 e. The molecule has 0 heterocycles. The zero-order chi connectivity index (χ0) is 34.3. The van der Waals surface area contributed by atoms with Gasteiger partial charge in [0.1, 0.15) is 21.3 Å². The first-order chi connectivity index (χ1) is 22.8. The van der Waals surface area contributed by atoms with Crippen LogP contribution in [0.4, 0.5) is 32.3 Å². The van der Waals surface area contributed by atoms with Crippen LogP contribution in [0.2, 0.25) is 10.0 Å². The predicted molar refractivity (Wildman–Crippen MR) is 183 cm³/mol. The van der Waals surface area contributed by atoms with Gasteiger partial charge in [0, 0.05) is 32.8 Å². The van der Waals surface area contributed by atoms with Gasteiger partial charge >= 0.3 is 32.3 Å². The van der Waals surface area contributed by atoms with Crippen molar-refractivity contribution in [1.29, 1.82) is 0 Å². The summed E-state index contributed by atoms with van der Waals surface area (Å²) in [6, 6.07) is 27.7. The molecule has 0 aliphatic heterocycles. The van der Waals surface area contributed by atoms with E-state index < -0.39 is 32.3 Å². The Morgan fingerprint density at radius 2 is 0.667 bits per heavy atom. The second kappa shape index (κ2) is 14.6. The fourth-order valence-corrected chi connectivity index (χ4v) is 6.08. The summed E-state index contributed by atoms with van der Waals surface area (Å²) in [4.78, 5) is 24.8. The first-order valence-electron chi connectivity index (χ1n) is 13.7. The van der Waals surface area contributed by atoms with Crippen LogP contribution in [0.25, 0.3) is 0 Å². The van der Waals surface area contributed by atoms with E-state index in [-0.39, 0.29) is 21.3 Å². The molecule has 0 aliphatic carbocycles. The number of hydrogen-bond donors (Lipinski definition) is 4. The van der Waals surface area contributed by atoms with Gasteiger partial charge in [-0.25, -0.2) is 9.59 Å². The summed E-state index contributed by atoms with van der Waals surface area (Å²) in [6.45, 7) is 0. The summed E-state index contributed by atoms with van der Waals surface area (Å²) in [5.41, 5.74) is 1.61. The predicted octanol–water partition coefficient (Wildman–Crippen LogP) is 7.82. The molecule has 0 bridgehead atoms. The van der Waals surface area contributed by atoms with Crippen LogP contribution in [-0.4, -0.2) is 28.9 Å². The van der Waals surface area contributed by atoms with Gasteiger partial charge in [-0.05, 0) is 121 Å². The van der Waals surface area contributed by atoms with Crippen molar-refractivity contribution < 1.29 is 34.8 Å². The molecule has 246 valence electrons. The summed E-state index contributed by atoms with van der Waals surface area (Å²) in [5.74, 6) is 0.101. The number of nitrogens with one attached hydrogen (secondary N) is 4. The second-order valence-corrected chi connectivity index (χ2v) is 13.7. The fourth-order valence-electron chi connectivity index (χ4n) is 3.96. The minimum absolute atomic E-state index is 0.0507. The fraction of sp³-hybridized carbons (Fsp3) is 0. The van der Waals surface area contributed by atoms with E-state index in [1.165, 1.54) is 97.1 Å². The van der Waals surface area contributed by atoms with E-state index in [0.717, 1.165) is 0 Å². The highest BCUT2D eigenvalue weighted by atomic mass is 35.5. The third-order valence-corrected chi connectivity index (χ3v) is 9.27. The minimum atomic E-state index is -4.06. The number of hydrogen-bond acceptors (Lipinski definition) is 8. The maximum Gasteiger partial charge on any atom is 0.339 e. The van der Waals surface area contributed by atoms with E-state index in [4.69, 9.17) is 31.6 Å². The second-order valence-electron chi connectivity index (χ2n) is 9.77. The zero-order valence-corrected chi connectivity index (χ0v) is 27.5. The SMILES string of the molecule is O=C(Nc1ccc(NC(=O)Nc2ccc(OS(=O)(=O)c3ccc(Cl)cc3)cc2)cc1)Nc1ccc(OS(=O)(=O)c2ccc(Cl)cc2)cc1. The van der Waals surface area contributed by atoms with Gasteiger partial charge in [0.05, 0.1) is 0 Å². The number of anilines is 4. The van der Waals surface area contributed by atoms with E-state index in [0.29, 0.717) is 32.8 Å². The minimum Gasteiger partial charge on any atom is -0.379 e. The normalized spacial score (nSPS) is 11.2. The molecule has 0 atom stereocenters. The van der Waals surface area contributed by atoms with E-state index in [9.17, 15) is 26.4 Å². The smallest absolute Gasteiger partial charge is 0.339 e. The Morgan fingerprint density at radius 1 is 0.417 bits per heavy atom. The Hall–Kier alpha value is -5.28. The molecular weight excluding hydrogens is 703 g/mol. The number of rotatable bonds is 10. The van der Waals surface area contributed by atoms with E-state index in [1.54, 1.807) is 24.3 Å². The van der Waals surface area contributed by atoms with Crippen LogP contribution in [0.3, 0.4) is 0 Å². The standard InChI is InChI=1S/C32H24Cl2N4O8S2/c33-21-1-17-29(18-2-21)47(41,42)45-27-13-9-25(10-14-27)37-31(39)35-23-5-7-24(8-6-23)36-32(40)38-26-11-15-28(16-12-26)46-48(43,44)30-19-3-22(34)4-20-30/h1-20H,(H2,35,37,39)(H2,36,38,40). The van der Waals surface area contributed by atoms with Crippen molar-refractivity contribution in [2.24, 2.45) is 0 Å². The third-order valence-electron chi connectivity index (χ3n) is 6.24. The van der Waals surface area contributed by atoms with Gasteiger partial charge in [0.2, 0.25) is 0 Å². The van der Waals surface area contributed by atoms with Gasteiger partial charge in [0.25, 0.3) is 0 Å². The van der Waals surface area contributed by atoms with Crippen molar-refractivity contribution in [1.82, 2.24) is 0 Å². The van der Waals surface area contributed by atoms with Crippen LogP contribution in [0, 0.1) is 0 Å². The number of carbonyl (C=O) groups is 2. The summed E-state index contributed by atoms with van der Waals surface area (Å²) in [6.07, 6.45) is 0. The van der Waals surface area contributed by atoms with Crippen LogP contribution in [-0.2, 0) is 20.2 Å². The quantitative estimate of drug-likeness (QED) is 0.106. The first-order valence-corrected chi connectivity index (χ1v) is 17.3. The molecule has 16 heteroatoms. The van der Waals surface area contributed by atoms with Crippen LogP contribution < -0.4 is 29.6 Å². The number of carbonyl (C=O) groups excluding carboxylic acids is 2. The lowest BCUT2D eigenvalue weighted by Gasteiger charge is -2.11. The highest BCUT2D eigenvalue weighted by molar-refractivity contribution is 7.87. The van der Waals surface area contributed by atoms with Crippen molar-refractivity contribution in [3.05, 3.63) is 131 Å². The molecule has 12 nitrogen and oxygen atoms in total. The Bertz CT molecular complexity index is 1980. The van der Waals surface area contributed by atoms with Crippen molar-refractivity contribution in [3.63, 3.8) is 0 Å². The Balaban J connectivity index is 1.08. The van der Waals surface area contributed by atoms with Gasteiger partial charge in [-0.2, -0.15) is 16.8 Å². The molecule has 0 radical (unpaired) electrons. The summed E-state index contributed by atoms with van der Waals surface area (Å²) in [5, 5.41) is 11.3. The third kappa shape index (κ3) is 9.39. The Labute approximate surface area is 285 Å². The molecule has 5 aromatic carbocycles. The summed E-state index contributed by atoms with van der Waals surface area (Å²) in [7, 11) is -8.13. The number of halogens is 2. The van der Waals surface area contributed by atoms with Crippen molar-refractivity contribution in [3.8, 4) is 11.5 Å². The number of benzene rings is 5. The van der Waals surface area contributed by atoms with Crippen molar-refractivity contribution in [2.75, 3.05) is 21.3 Å². The molecule has 0 saturated heterocycles. The van der Waals surface area contributed by atoms with Gasteiger partial charge in [-0.15, -0.1) is 0 Å². The number of amides is 4. The molecule has 48 heavy (non-hydrogen) atoms. The van der Waals surface area contributed by atoms with Crippen molar-refractivity contribution in [2.45, 2.75) is 9.79 Å². The van der Waals surface area contributed by atoms with E-state index in [2.05, 4.69) is 21.3 Å². The van der Waals surface area contributed by atoms with Gasteiger partial charge in [-0.3, -0.25) is 0 Å². The molecule has 5 aromatic rings. The molecule has 0 aromatic heterocycles. The highest BCUT2D eigenvalue weighted by Crippen LogP contribution is 2.24. The number of urea groups is 2. The lowest BCUT2D eigenvalue weighted by molar-refractivity contribution is 0.261. The van der Waals surface area contributed by atoms with Crippen LogP contribution in [0.15, 0.2) is 131 Å². The maximum atomic E-state index is 12.5. The van der Waals surface area contributed by atoms with Crippen molar-refractivity contribution >= 4 is 78.2 Å². The van der Waals surface area contributed by atoms with Crippen LogP contribution in [0.1, 0.15) is 0 Å². The molecule has 4 amide bonds. The van der Waals surface area contributed by atoms with Crippen LogP contribution in [0.5, 0.6) is 11.5 Å². The summed E-state index contributed by atoms with van der Waals surface area (Å²) >= 11 is 11.6.